The van der Waals surface area contributed by atoms with Crippen LogP contribution in [-0.2, 0) is 15.8 Å². The highest BCUT2D eigenvalue weighted by Gasteiger charge is 2.31. The quantitative estimate of drug-likeness (QED) is 0.470. The molecule has 0 saturated carbocycles. The van der Waals surface area contributed by atoms with Gasteiger partial charge >= 0.3 is 12.1 Å². The zero-order chi connectivity index (χ0) is 20.8. The first-order valence-electron chi connectivity index (χ1n) is 7.52. The lowest BCUT2D eigenvalue weighted by Crippen LogP contribution is -2.07. The van der Waals surface area contributed by atoms with Crippen LogP contribution in [-0.4, -0.2) is 31.1 Å². The molecule has 5 nitrogen and oxygen atoms in total. The molecule has 0 aliphatic carbocycles. The summed E-state index contributed by atoms with van der Waals surface area (Å²) in [4.78, 5) is 26.6. The standard InChI is InChI=1S/C17H16F3NO4S2/c1-9(4-3-5-15(23)24)16(25)14(27-10(2)26)7-12-13(22)6-11(8-21-12)17(18,19)20/h6-8,22H,1,3-5H2,2H3,(H,23,24)/b14-7-. The summed E-state index contributed by atoms with van der Waals surface area (Å²) in [6.45, 7) is 5.17. The van der Waals surface area contributed by atoms with Gasteiger partial charge in [-0.1, -0.05) is 30.6 Å². The summed E-state index contributed by atoms with van der Waals surface area (Å²) in [5.74, 6) is -2.29. The van der Waals surface area contributed by atoms with Gasteiger partial charge < -0.3 is 10.2 Å². The SMILES string of the molecule is C=C(CCCC(=O)O)C(=O)/C(=C/c1ncc(C(F)(F)F)cc1O)SC(C)=S. The number of aliphatic carboxylic acids is 1. The van der Waals surface area contributed by atoms with Gasteiger partial charge in [0.25, 0.3) is 0 Å². The molecule has 1 aromatic heterocycles. The molecule has 0 amide bonds. The molecule has 0 unspecified atom stereocenters. The topological polar surface area (TPSA) is 87.5 Å². The van der Waals surface area contributed by atoms with Crippen LogP contribution in [0.2, 0.25) is 0 Å². The van der Waals surface area contributed by atoms with E-state index in [-0.39, 0.29) is 35.4 Å². The molecule has 0 radical (unpaired) electrons. The number of thiocarbonyl (C=S) groups is 1. The van der Waals surface area contributed by atoms with E-state index in [2.05, 4.69) is 11.6 Å². The normalized spacial score (nSPS) is 11.9. The van der Waals surface area contributed by atoms with E-state index in [4.69, 9.17) is 17.3 Å². The lowest BCUT2D eigenvalue weighted by molar-refractivity contribution is -0.138. The van der Waals surface area contributed by atoms with E-state index in [1.54, 1.807) is 6.92 Å². The average Bonchev–Trinajstić information content (AvgIpc) is 2.53. The van der Waals surface area contributed by atoms with Crippen molar-refractivity contribution in [1.29, 1.82) is 0 Å². The van der Waals surface area contributed by atoms with E-state index in [9.17, 15) is 27.9 Å². The van der Waals surface area contributed by atoms with E-state index in [1.807, 2.05) is 0 Å². The lowest BCUT2D eigenvalue weighted by atomic mass is 10.1. The molecule has 0 aliphatic rings. The lowest BCUT2D eigenvalue weighted by Gasteiger charge is -2.10. The highest BCUT2D eigenvalue weighted by atomic mass is 32.2. The Morgan fingerprint density at radius 3 is 2.48 bits per heavy atom. The fraction of sp³-hybridized carbons (Fsp3) is 0.294. The average molecular weight is 419 g/mol. The van der Waals surface area contributed by atoms with Crippen LogP contribution < -0.4 is 0 Å². The van der Waals surface area contributed by atoms with Crippen molar-refractivity contribution in [3.8, 4) is 5.75 Å². The number of pyridine rings is 1. The highest BCUT2D eigenvalue weighted by Crippen LogP contribution is 2.33. The van der Waals surface area contributed by atoms with Gasteiger partial charge in [-0.05, 0) is 37.5 Å². The molecule has 146 valence electrons. The number of halogens is 3. The summed E-state index contributed by atoms with van der Waals surface area (Å²) < 4.78 is 38.3. The van der Waals surface area contributed by atoms with E-state index in [0.717, 1.165) is 17.8 Å². The summed E-state index contributed by atoms with van der Waals surface area (Å²) >= 11 is 5.83. The van der Waals surface area contributed by atoms with E-state index in [0.29, 0.717) is 16.5 Å². The Kier molecular flexibility index (Phi) is 8.17. The van der Waals surface area contributed by atoms with Crippen molar-refractivity contribution < 1.29 is 33.0 Å². The number of allylic oxidation sites excluding steroid dienone is 2. The number of thioether (sulfide) groups is 1. The van der Waals surface area contributed by atoms with Gasteiger partial charge in [-0.2, -0.15) is 13.2 Å². The van der Waals surface area contributed by atoms with Crippen LogP contribution in [0.5, 0.6) is 5.75 Å². The molecule has 1 heterocycles. The summed E-state index contributed by atoms with van der Waals surface area (Å²) in [6, 6.07) is 0.511. The Morgan fingerprint density at radius 2 is 2.00 bits per heavy atom. The molecular weight excluding hydrogens is 403 g/mol. The van der Waals surface area contributed by atoms with Crippen LogP contribution in [0, 0.1) is 0 Å². The van der Waals surface area contributed by atoms with Gasteiger partial charge in [0.15, 0.2) is 5.78 Å². The van der Waals surface area contributed by atoms with Crippen molar-refractivity contribution in [3.05, 3.63) is 40.6 Å². The molecule has 0 aliphatic heterocycles. The minimum absolute atomic E-state index is 0.0189. The van der Waals surface area contributed by atoms with Crippen LogP contribution in [0.15, 0.2) is 29.3 Å². The van der Waals surface area contributed by atoms with Crippen molar-refractivity contribution >= 4 is 46.0 Å². The molecule has 2 N–H and O–H groups in total. The Bertz CT molecular complexity index is 804. The Hall–Kier alpha value is -2.20. The third-order valence-electron chi connectivity index (χ3n) is 3.16. The number of aromatic nitrogens is 1. The Labute approximate surface area is 163 Å². The summed E-state index contributed by atoms with van der Waals surface area (Å²) in [5, 5.41) is 18.4. The smallest absolute Gasteiger partial charge is 0.418 e. The Morgan fingerprint density at radius 1 is 1.37 bits per heavy atom. The maximum absolute atomic E-state index is 12.6. The first-order chi connectivity index (χ1) is 12.4. The maximum Gasteiger partial charge on any atom is 0.418 e. The van der Waals surface area contributed by atoms with Crippen molar-refractivity contribution in [2.24, 2.45) is 0 Å². The molecular formula is C17H16F3NO4S2. The van der Waals surface area contributed by atoms with Crippen molar-refractivity contribution in [3.63, 3.8) is 0 Å². The van der Waals surface area contributed by atoms with Crippen molar-refractivity contribution in [1.82, 2.24) is 4.98 Å². The summed E-state index contributed by atoms with van der Waals surface area (Å²) in [6.07, 6.45) is -2.79. The minimum Gasteiger partial charge on any atom is -0.506 e. The third kappa shape index (κ3) is 7.51. The molecule has 10 heteroatoms. The minimum atomic E-state index is -4.66. The molecule has 27 heavy (non-hydrogen) atoms. The first-order valence-corrected chi connectivity index (χ1v) is 8.75. The molecule has 0 bridgehead atoms. The Balaban J connectivity index is 3.12. The number of carboxylic acid groups (broad SMARTS) is 1. The summed E-state index contributed by atoms with van der Waals surface area (Å²) in [7, 11) is 0. The summed E-state index contributed by atoms with van der Waals surface area (Å²) in [5.41, 5.74) is -1.23. The number of alkyl halides is 3. The zero-order valence-electron chi connectivity index (χ0n) is 14.2. The predicted octanol–water partition coefficient (Wildman–Crippen LogP) is 4.61. The number of carbonyl (C=O) groups is 2. The van der Waals surface area contributed by atoms with Gasteiger partial charge in [-0.3, -0.25) is 14.6 Å². The number of carbonyl (C=O) groups excluding carboxylic acids is 1. The molecule has 0 fully saturated rings. The largest absolute Gasteiger partial charge is 0.506 e. The van der Waals surface area contributed by atoms with Gasteiger partial charge in [-0.15, -0.1) is 0 Å². The second-order valence-corrected chi connectivity index (χ2v) is 7.54. The number of hydrogen-bond acceptors (Lipinski definition) is 6. The molecule has 0 saturated heterocycles. The van der Waals surface area contributed by atoms with Gasteiger partial charge in [-0.25, -0.2) is 0 Å². The van der Waals surface area contributed by atoms with Crippen LogP contribution in [0.1, 0.15) is 37.4 Å². The van der Waals surface area contributed by atoms with Gasteiger partial charge in [0.2, 0.25) is 0 Å². The van der Waals surface area contributed by atoms with E-state index < -0.39 is 29.2 Å². The molecule has 0 spiro atoms. The van der Waals surface area contributed by atoms with Crippen LogP contribution in [0.25, 0.3) is 6.08 Å². The van der Waals surface area contributed by atoms with Crippen LogP contribution in [0.4, 0.5) is 13.2 Å². The number of ketones is 1. The number of carboxylic acids is 1. The fourth-order valence-electron chi connectivity index (χ4n) is 1.89. The van der Waals surface area contributed by atoms with Crippen molar-refractivity contribution in [2.75, 3.05) is 0 Å². The molecule has 1 rings (SSSR count). The van der Waals surface area contributed by atoms with Gasteiger partial charge in [0.05, 0.1) is 10.5 Å². The number of hydrogen-bond donors (Lipinski definition) is 2. The molecule has 0 atom stereocenters. The van der Waals surface area contributed by atoms with Crippen molar-refractivity contribution in [2.45, 2.75) is 32.4 Å². The van der Waals surface area contributed by atoms with E-state index in [1.165, 1.54) is 0 Å². The highest BCUT2D eigenvalue weighted by molar-refractivity contribution is 8.26. The zero-order valence-corrected chi connectivity index (χ0v) is 15.8. The number of aromatic hydroxyl groups is 1. The number of rotatable bonds is 8. The number of Topliss-reactive ketones (excluding diaryl/α,β-unsaturated/α-hetero) is 1. The monoisotopic (exact) mass is 419 g/mol. The second kappa shape index (κ2) is 9.65. The van der Waals surface area contributed by atoms with Gasteiger partial charge in [0.1, 0.15) is 11.4 Å². The first kappa shape index (κ1) is 22.8. The van der Waals surface area contributed by atoms with E-state index >= 15 is 0 Å². The molecule has 0 aromatic carbocycles. The number of nitrogens with zero attached hydrogens (tertiary/aromatic N) is 1. The van der Waals surface area contributed by atoms with Crippen LogP contribution in [0.3, 0.4) is 0 Å². The van der Waals surface area contributed by atoms with Crippen LogP contribution >= 0.6 is 24.0 Å². The predicted molar refractivity (Wildman–Crippen MR) is 100 cm³/mol. The third-order valence-corrected chi connectivity index (χ3v) is 4.22. The second-order valence-electron chi connectivity index (χ2n) is 5.41. The maximum atomic E-state index is 12.6. The molecule has 1 aromatic rings. The fourth-order valence-corrected chi connectivity index (χ4v) is 2.88. The van der Waals surface area contributed by atoms with Gasteiger partial charge in [0, 0.05) is 16.8 Å².